The van der Waals surface area contributed by atoms with Crippen LogP contribution < -0.4 is 4.74 Å². The zero-order valence-corrected chi connectivity index (χ0v) is 13.2. The predicted octanol–water partition coefficient (Wildman–Crippen LogP) is 3.56. The van der Waals surface area contributed by atoms with Crippen LogP contribution in [0.3, 0.4) is 0 Å². The second kappa shape index (κ2) is 7.73. The quantitative estimate of drug-likeness (QED) is 0.483. The highest BCUT2D eigenvalue weighted by atomic mass is 32.1. The number of rotatable bonds is 7. The Hall–Kier alpha value is -1.95. The summed E-state index contributed by atoms with van der Waals surface area (Å²) in [5, 5.41) is 11.2. The van der Waals surface area contributed by atoms with Crippen molar-refractivity contribution in [2.75, 3.05) is 6.61 Å². The van der Waals surface area contributed by atoms with Gasteiger partial charge in [0.05, 0.1) is 12.8 Å². The molecule has 0 radical (unpaired) electrons. The monoisotopic (exact) mass is 304 g/mol. The van der Waals surface area contributed by atoms with Crippen molar-refractivity contribution in [3.8, 4) is 5.75 Å². The van der Waals surface area contributed by atoms with E-state index >= 15 is 0 Å². The van der Waals surface area contributed by atoms with Crippen LogP contribution in [-0.2, 0) is 6.42 Å². The van der Waals surface area contributed by atoms with Gasteiger partial charge in [-0.05, 0) is 48.5 Å². The van der Waals surface area contributed by atoms with Gasteiger partial charge in [0.2, 0.25) is 4.77 Å². The van der Waals surface area contributed by atoms with Crippen molar-refractivity contribution < 1.29 is 4.74 Å². The molecule has 0 bridgehead atoms. The first kappa shape index (κ1) is 15.4. The first-order chi connectivity index (χ1) is 10.2. The van der Waals surface area contributed by atoms with E-state index in [2.05, 4.69) is 22.2 Å². The summed E-state index contributed by atoms with van der Waals surface area (Å²) in [6.45, 7) is 4.92. The summed E-state index contributed by atoms with van der Waals surface area (Å²) in [5.74, 6) is 1.70. The number of aryl methyl sites for hydroxylation is 1. The first-order valence-electron chi connectivity index (χ1n) is 7.18. The molecule has 2 aromatic rings. The van der Waals surface area contributed by atoms with E-state index < -0.39 is 0 Å². The highest BCUT2D eigenvalue weighted by molar-refractivity contribution is 7.71. The molecule has 0 unspecified atom stereocenters. The summed E-state index contributed by atoms with van der Waals surface area (Å²) in [7, 11) is 0. The van der Waals surface area contributed by atoms with E-state index in [0.29, 0.717) is 4.77 Å². The standard InChI is InChI=1S/C15H20N4OS/c1-3-5-10-20-13-8-6-12(7-9-13)11-16-19-14(4-2)17-18-15(19)21/h6-9,11H,3-5,10H2,1-2H3,(H,18,21). The van der Waals surface area contributed by atoms with Crippen LogP contribution in [0.15, 0.2) is 29.4 Å². The Bertz CT molecular complexity index is 642. The van der Waals surface area contributed by atoms with Crippen molar-refractivity contribution in [2.45, 2.75) is 33.1 Å². The van der Waals surface area contributed by atoms with Crippen LogP contribution in [-0.4, -0.2) is 27.7 Å². The fourth-order valence-corrected chi connectivity index (χ4v) is 1.98. The molecule has 1 aromatic carbocycles. The van der Waals surface area contributed by atoms with Gasteiger partial charge in [-0.3, -0.25) is 5.10 Å². The zero-order valence-electron chi connectivity index (χ0n) is 12.4. The lowest BCUT2D eigenvalue weighted by Crippen LogP contribution is -1.98. The minimum Gasteiger partial charge on any atom is -0.494 e. The Morgan fingerprint density at radius 1 is 1.33 bits per heavy atom. The van der Waals surface area contributed by atoms with E-state index in [-0.39, 0.29) is 0 Å². The predicted molar refractivity (Wildman–Crippen MR) is 86.6 cm³/mol. The van der Waals surface area contributed by atoms with Gasteiger partial charge in [0, 0.05) is 6.42 Å². The fraction of sp³-hybridized carbons (Fsp3) is 0.400. The highest BCUT2D eigenvalue weighted by Gasteiger charge is 2.01. The SMILES string of the molecule is CCCCOc1ccc(C=Nn2c(CC)n[nH]c2=S)cc1. The van der Waals surface area contributed by atoms with Crippen molar-refractivity contribution >= 4 is 18.4 Å². The van der Waals surface area contributed by atoms with E-state index in [9.17, 15) is 0 Å². The number of ether oxygens (including phenoxy) is 1. The topological polar surface area (TPSA) is 55.2 Å². The molecule has 21 heavy (non-hydrogen) atoms. The lowest BCUT2D eigenvalue weighted by molar-refractivity contribution is 0.309. The Morgan fingerprint density at radius 2 is 2.10 bits per heavy atom. The molecule has 112 valence electrons. The number of nitrogens with zero attached hydrogens (tertiary/aromatic N) is 3. The molecule has 0 spiro atoms. The number of hydrogen-bond donors (Lipinski definition) is 1. The molecule has 1 N–H and O–H groups in total. The smallest absolute Gasteiger partial charge is 0.216 e. The van der Waals surface area contributed by atoms with Gasteiger partial charge in [0.1, 0.15) is 5.75 Å². The number of unbranched alkanes of at least 4 members (excludes halogenated alkanes) is 1. The van der Waals surface area contributed by atoms with Gasteiger partial charge in [-0.2, -0.15) is 14.9 Å². The average molecular weight is 304 g/mol. The number of nitrogens with one attached hydrogen (secondary N) is 1. The molecular weight excluding hydrogens is 284 g/mol. The summed E-state index contributed by atoms with van der Waals surface area (Å²) >= 11 is 5.15. The van der Waals surface area contributed by atoms with Gasteiger partial charge in [-0.1, -0.05) is 20.3 Å². The molecule has 5 nitrogen and oxygen atoms in total. The van der Waals surface area contributed by atoms with Crippen molar-refractivity contribution in [1.82, 2.24) is 14.9 Å². The Morgan fingerprint density at radius 3 is 2.76 bits per heavy atom. The summed E-state index contributed by atoms with van der Waals surface area (Å²) in [6, 6.07) is 7.85. The van der Waals surface area contributed by atoms with Crippen molar-refractivity contribution in [3.05, 3.63) is 40.4 Å². The van der Waals surface area contributed by atoms with Crippen molar-refractivity contribution in [1.29, 1.82) is 0 Å². The molecule has 0 amide bonds. The third-order valence-corrected chi connectivity index (χ3v) is 3.27. The summed E-state index contributed by atoms with van der Waals surface area (Å²) in [6.07, 6.45) is 4.74. The Balaban J connectivity index is 2.04. The second-order valence-corrected chi connectivity index (χ2v) is 5.01. The Labute approximate surface area is 129 Å². The third-order valence-electron chi connectivity index (χ3n) is 3.00. The van der Waals surface area contributed by atoms with Crippen LogP contribution in [0.4, 0.5) is 0 Å². The highest BCUT2D eigenvalue weighted by Crippen LogP contribution is 2.12. The molecule has 2 rings (SSSR count). The van der Waals surface area contributed by atoms with Gasteiger partial charge in [-0.15, -0.1) is 0 Å². The maximum absolute atomic E-state index is 5.63. The summed E-state index contributed by atoms with van der Waals surface area (Å²) in [5.41, 5.74) is 0.989. The third kappa shape index (κ3) is 4.26. The van der Waals surface area contributed by atoms with Crippen molar-refractivity contribution in [3.63, 3.8) is 0 Å². The van der Waals surface area contributed by atoms with Gasteiger partial charge < -0.3 is 4.74 Å². The molecule has 0 aliphatic heterocycles. The summed E-state index contributed by atoms with van der Waals surface area (Å²) < 4.78 is 7.77. The Kier molecular flexibility index (Phi) is 5.68. The lowest BCUT2D eigenvalue weighted by Gasteiger charge is -2.04. The van der Waals surface area contributed by atoms with Crippen LogP contribution in [0.25, 0.3) is 0 Å². The number of hydrogen-bond acceptors (Lipinski definition) is 4. The van der Waals surface area contributed by atoms with E-state index in [1.807, 2.05) is 31.2 Å². The van der Waals surface area contributed by atoms with Gasteiger partial charge >= 0.3 is 0 Å². The minimum absolute atomic E-state index is 0.502. The molecule has 0 atom stereocenters. The normalized spacial score (nSPS) is 11.1. The molecule has 1 heterocycles. The van der Waals surface area contributed by atoms with E-state index in [1.54, 1.807) is 10.9 Å². The maximum Gasteiger partial charge on any atom is 0.216 e. The molecule has 0 saturated heterocycles. The largest absolute Gasteiger partial charge is 0.494 e. The summed E-state index contributed by atoms with van der Waals surface area (Å²) in [4.78, 5) is 0. The van der Waals surface area contributed by atoms with Gasteiger partial charge in [0.25, 0.3) is 0 Å². The van der Waals surface area contributed by atoms with Crippen molar-refractivity contribution in [2.24, 2.45) is 5.10 Å². The maximum atomic E-state index is 5.63. The van der Waals surface area contributed by atoms with E-state index in [4.69, 9.17) is 17.0 Å². The number of benzene rings is 1. The average Bonchev–Trinajstić information content (AvgIpc) is 2.87. The van der Waals surface area contributed by atoms with E-state index in [0.717, 1.165) is 43.0 Å². The zero-order chi connectivity index (χ0) is 15.1. The number of aromatic amines is 1. The van der Waals surface area contributed by atoms with Crippen LogP contribution in [0.1, 0.15) is 38.1 Å². The molecule has 0 saturated carbocycles. The second-order valence-electron chi connectivity index (χ2n) is 4.63. The molecule has 0 aliphatic rings. The lowest BCUT2D eigenvalue weighted by atomic mass is 10.2. The van der Waals surface area contributed by atoms with Crippen LogP contribution >= 0.6 is 12.2 Å². The van der Waals surface area contributed by atoms with Gasteiger partial charge in [0.15, 0.2) is 5.82 Å². The van der Waals surface area contributed by atoms with Gasteiger partial charge in [-0.25, -0.2) is 0 Å². The molecule has 0 fully saturated rings. The number of H-pyrrole nitrogens is 1. The first-order valence-corrected chi connectivity index (χ1v) is 7.59. The number of aromatic nitrogens is 3. The molecule has 0 aliphatic carbocycles. The molecule has 1 aromatic heterocycles. The minimum atomic E-state index is 0.502. The van der Waals surface area contributed by atoms with E-state index in [1.165, 1.54) is 0 Å². The van der Waals surface area contributed by atoms with Crippen LogP contribution in [0, 0.1) is 4.77 Å². The molecular formula is C15H20N4OS. The molecule has 6 heteroatoms. The van der Waals surface area contributed by atoms with Crippen LogP contribution in [0.2, 0.25) is 0 Å². The fourth-order valence-electron chi connectivity index (χ4n) is 1.78. The van der Waals surface area contributed by atoms with Crippen LogP contribution in [0.5, 0.6) is 5.75 Å².